The van der Waals surface area contributed by atoms with Crippen molar-refractivity contribution in [2.45, 2.75) is 25.9 Å². The Balaban J connectivity index is 1.54. The summed E-state index contributed by atoms with van der Waals surface area (Å²) in [4.78, 5) is 54.8. The van der Waals surface area contributed by atoms with Crippen molar-refractivity contribution < 1.29 is 23.9 Å². The summed E-state index contributed by atoms with van der Waals surface area (Å²) < 4.78 is 4.99. The van der Waals surface area contributed by atoms with Crippen LogP contribution in [0.3, 0.4) is 0 Å². The lowest BCUT2D eigenvalue weighted by Gasteiger charge is -2.21. The van der Waals surface area contributed by atoms with Crippen LogP contribution in [-0.2, 0) is 20.9 Å². The number of hydrogen-bond acceptors (Lipinski definition) is 6. The molecule has 0 aliphatic carbocycles. The number of benzene rings is 2. The van der Waals surface area contributed by atoms with Gasteiger partial charge in [-0.05, 0) is 48.7 Å². The van der Waals surface area contributed by atoms with Crippen molar-refractivity contribution in [1.29, 1.82) is 0 Å². The number of nitrogens with one attached hydrogen (secondary N) is 1. The van der Waals surface area contributed by atoms with E-state index < -0.39 is 29.9 Å². The van der Waals surface area contributed by atoms with Gasteiger partial charge < -0.3 is 15.0 Å². The van der Waals surface area contributed by atoms with Crippen molar-refractivity contribution in [3.8, 4) is 0 Å². The summed E-state index contributed by atoms with van der Waals surface area (Å²) in [6.07, 6.45) is -0.219. The van der Waals surface area contributed by atoms with Crippen LogP contribution in [0.5, 0.6) is 0 Å². The van der Waals surface area contributed by atoms with Crippen LogP contribution in [0.15, 0.2) is 72.1 Å². The second kappa shape index (κ2) is 10.3. The Kier molecular flexibility index (Phi) is 7.03. The minimum Gasteiger partial charge on any atom is -0.462 e. The number of carbonyl (C=O) groups excluding carboxylic acids is 4. The van der Waals surface area contributed by atoms with E-state index in [2.05, 4.69) is 5.32 Å². The zero-order valence-corrected chi connectivity index (χ0v) is 19.3. The molecule has 3 aromatic rings. The number of ether oxygens (including phenoxy) is 1. The van der Waals surface area contributed by atoms with Crippen LogP contribution in [-0.4, -0.2) is 41.4 Å². The molecule has 2 heterocycles. The summed E-state index contributed by atoms with van der Waals surface area (Å²) in [5.74, 6) is -1.39. The molecule has 1 aliphatic rings. The lowest BCUT2D eigenvalue weighted by molar-refractivity contribution is -0.124. The van der Waals surface area contributed by atoms with Crippen LogP contribution in [0, 0.1) is 0 Å². The van der Waals surface area contributed by atoms with Crippen molar-refractivity contribution in [1.82, 2.24) is 4.90 Å². The van der Waals surface area contributed by atoms with E-state index in [4.69, 9.17) is 4.74 Å². The molecule has 174 valence electrons. The van der Waals surface area contributed by atoms with Crippen molar-refractivity contribution in [2.75, 3.05) is 16.8 Å². The number of carbonyl (C=O) groups is 4. The number of imide groups is 1. The minimum atomic E-state index is -0.956. The van der Waals surface area contributed by atoms with E-state index in [0.717, 1.165) is 9.78 Å². The summed E-state index contributed by atoms with van der Waals surface area (Å²) >= 11 is 1.47. The van der Waals surface area contributed by atoms with Crippen molar-refractivity contribution in [3.05, 3.63) is 82.6 Å². The molecule has 1 saturated heterocycles. The van der Waals surface area contributed by atoms with Gasteiger partial charge in [-0.25, -0.2) is 14.5 Å². The molecular formula is C25H23N3O5S. The summed E-state index contributed by atoms with van der Waals surface area (Å²) in [6.45, 7) is 2.18. The maximum absolute atomic E-state index is 13.3. The number of hydrogen-bond donors (Lipinski definition) is 1. The Hall–Kier alpha value is -3.98. The summed E-state index contributed by atoms with van der Waals surface area (Å²) in [5.41, 5.74) is 1.16. The third-order valence-electron chi connectivity index (χ3n) is 5.28. The largest absolute Gasteiger partial charge is 0.462 e. The normalized spacial score (nSPS) is 15.5. The second-order valence-corrected chi connectivity index (χ2v) is 8.60. The maximum Gasteiger partial charge on any atom is 0.338 e. The minimum absolute atomic E-state index is 0.219. The van der Waals surface area contributed by atoms with Crippen molar-refractivity contribution >= 4 is 46.5 Å². The number of thiophene rings is 1. The molecular weight excluding hydrogens is 454 g/mol. The Morgan fingerprint density at radius 2 is 1.82 bits per heavy atom. The molecule has 0 saturated carbocycles. The Morgan fingerprint density at radius 3 is 2.53 bits per heavy atom. The van der Waals surface area contributed by atoms with Gasteiger partial charge in [0.15, 0.2) is 0 Å². The van der Waals surface area contributed by atoms with Crippen LogP contribution in [0.2, 0.25) is 0 Å². The first kappa shape index (κ1) is 23.2. The van der Waals surface area contributed by atoms with E-state index in [9.17, 15) is 19.2 Å². The first-order chi connectivity index (χ1) is 16.5. The van der Waals surface area contributed by atoms with Gasteiger partial charge in [0.25, 0.3) is 5.91 Å². The maximum atomic E-state index is 13.3. The highest BCUT2D eigenvalue weighted by atomic mass is 32.1. The van der Waals surface area contributed by atoms with Gasteiger partial charge in [0.2, 0.25) is 5.91 Å². The van der Waals surface area contributed by atoms with Gasteiger partial charge in [-0.2, -0.15) is 0 Å². The molecule has 0 spiro atoms. The molecule has 1 aromatic heterocycles. The number of amides is 4. The Labute approximate surface area is 200 Å². The zero-order chi connectivity index (χ0) is 24.1. The topological polar surface area (TPSA) is 96.0 Å². The number of rotatable bonds is 8. The molecule has 2 aromatic carbocycles. The number of esters is 1. The molecule has 1 fully saturated rings. The van der Waals surface area contributed by atoms with Gasteiger partial charge in [0.1, 0.15) is 6.04 Å². The highest BCUT2D eigenvalue weighted by molar-refractivity contribution is 7.09. The molecule has 0 unspecified atom stereocenters. The number of nitrogens with zero attached hydrogens (tertiary/aromatic N) is 2. The average molecular weight is 478 g/mol. The van der Waals surface area contributed by atoms with Crippen LogP contribution in [0.4, 0.5) is 16.2 Å². The first-order valence-corrected chi connectivity index (χ1v) is 11.6. The van der Waals surface area contributed by atoms with Gasteiger partial charge >= 0.3 is 12.0 Å². The summed E-state index contributed by atoms with van der Waals surface area (Å²) in [6, 6.07) is 17.4. The Morgan fingerprint density at radius 1 is 1.03 bits per heavy atom. The fourth-order valence-electron chi connectivity index (χ4n) is 3.72. The SMILES string of the molecule is CCOC(=O)c1cccc(NC(=O)C[C@@H]2C(=O)N(c3ccccc3)C(=O)N2Cc2cccs2)c1. The zero-order valence-electron chi connectivity index (χ0n) is 18.5. The number of urea groups is 1. The van der Waals surface area contributed by atoms with Crippen LogP contribution in [0.1, 0.15) is 28.6 Å². The lowest BCUT2D eigenvalue weighted by atomic mass is 10.1. The fraction of sp³-hybridized carbons (Fsp3) is 0.200. The quantitative estimate of drug-likeness (QED) is 0.386. The molecule has 0 bridgehead atoms. The number of anilines is 2. The molecule has 4 rings (SSSR count). The van der Waals surface area contributed by atoms with E-state index in [1.165, 1.54) is 22.3 Å². The van der Waals surface area contributed by atoms with Crippen molar-refractivity contribution in [2.24, 2.45) is 0 Å². The molecule has 34 heavy (non-hydrogen) atoms. The summed E-state index contributed by atoms with van der Waals surface area (Å²) in [5, 5.41) is 4.62. The van der Waals surface area contributed by atoms with E-state index in [-0.39, 0.29) is 19.6 Å². The average Bonchev–Trinajstić information content (AvgIpc) is 3.42. The van der Waals surface area contributed by atoms with Gasteiger partial charge in [-0.15, -0.1) is 11.3 Å². The molecule has 1 N–H and O–H groups in total. The highest BCUT2D eigenvalue weighted by Gasteiger charge is 2.46. The fourth-order valence-corrected chi connectivity index (χ4v) is 4.43. The second-order valence-electron chi connectivity index (χ2n) is 7.57. The van der Waals surface area contributed by atoms with E-state index >= 15 is 0 Å². The first-order valence-electron chi connectivity index (χ1n) is 10.8. The molecule has 1 atom stereocenters. The lowest BCUT2D eigenvalue weighted by Crippen LogP contribution is -2.37. The summed E-state index contributed by atoms with van der Waals surface area (Å²) in [7, 11) is 0. The monoisotopic (exact) mass is 477 g/mol. The van der Waals surface area contributed by atoms with Crippen LogP contribution < -0.4 is 10.2 Å². The molecule has 4 amide bonds. The highest BCUT2D eigenvalue weighted by Crippen LogP contribution is 2.29. The van der Waals surface area contributed by atoms with Gasteiger partial charge in [0, 0.05) is 10.6 Å². The third kappa shape index (κ3) is 4.99. The predicted octanol–water partition coefficient (Wildman–Crippen LogP) is 4.29. The van der Waals surface area contributed by atoms with Crippen molar-refractivity contribution in [3.63, 3.8) is 0 Å². The van der Waals surface area contributed by atoms with Crippen LogP contribution >= 0.6 is 11.3 Å². The van der Waals surface area contributed by atoms with Gasteiger partial charge in [-0.1, -0.05) is 30.3 Å². The van der Waals surface area contributed by atoms with Gasteiger partial charge in [0.05, 0.1) is 30.8 Å². The van der Waals surface area contributed by atoms with E-state index in [1.807, 2.05) is 17.5 Å². The standard InChI is InChI=1S/C25H23N3O5S/c1-2-33-24(31)17-8-6-9-18(14-17)26-22(29)15-21-23(30)28(19-10-4-3-5-11-19)25(32)27(21)16-20-12-7-13-34-20/h3-14,21H,2,15-16H2,1H3,(H,26,29)/t21-/m1/s1. The molecule has 9 heteroatoms. The Bertz CT molecular complexity index is 1200. The number of para-hydroxylation sites is 1. The molecule has 8 nitrogen and oxygen atoms in total. The van der Waals surface area contributed by atoms with E-state index in [1.54, 1.807) is 55.5 Å². The molecule has 1 aliphatic heterocycles. The molecule has 0 radical (unpaired) electrons. The smallest absolute Gasteiger partial charge is 0.338 e. The van der Waals surface area contributed by atoms with E-state index in [0.29, 0.717) is 16.9 Å². The van der Waals surface area contributed by atoms with Crippen LogP contribution in [0.25, 0.3) is 0 Å². The van der Waals surface area contributed by atoms with Gasteiger partial charge in [-0.3, -0.25) is 9.59 Å². The predicted molar refractivity (Wildman–Crippen MR) is 129 cm³/mol. The third-order valence-corrected chi connectivity index (χ3v) is 6.14.